The number of carbonyl (C=O) groups is 6. The largest absolute Gasteiger partial charge is 0.463 e. The van der Waals surface area contributed by atoms with Crippen LogP contribution in [-0.2, 0) is 65.4 Å². The molecule has 2 aromatic carbocycles. The van der Waals surface area contributed by atoms with E-state index in [4.69, 9.17) is 28.4 Å². The zero-order chi connectivity index (χ0) is 37.7. The molecule has 284 valence electrons. The van der Waals surface area contributed by atoms with Crippen molar-refractivity contribution in [1.29, 1.82) is 0 Å². The molecule has 15 nitrogen and oxygen atoms in total. The van der Waals surface area contributed by atoms with Crippen LogP contribution in [0.25, 0.3) is 0 Å². The van der Waals surface area contributed by atoms with Crippen molar-refractivity contribution in [3.8, 4) is 0 Å². The van der Waals surface area contributed by atoms with Gasteiger partial charge >= 0.3 is 24.0 Å². The van der Waals surface area contributed by atoms with Crippen LogP contribution < -0.4 is 16.0 Å². The molecule has 15 heteroatoms. The van der Waals surface area contributed by atoms with E-state index in [1.807, 2.05) is 60.7 Å². The molecule has 3 N–H and O–H groups in total. The first-order valence-corrected chi connectivity index (χ1v) is 17.3. The third-order valence-corrected chi connectivity index (χ3v) is 7.78. The van der Waals surface area contributed by atoms with Crippen LogP contribution in [0.2, 0.25) is 0 Å². The van der Waals surface area contributed by atoms with Crippen molar-refractivity contribution in [3.63, 3.8) is 0 Å². The average Bonchev–Trinajstić information content (AvgIpc) is 3.11. The molecule has 0 bridgehead atoms. The van der Waals surface area contributed by atoms with Crippen molar-refractivity contribution in [2.24, 2.45) is 0 Å². The van der Waals surface area contributed by atoms with Gasteiger partial charge in [-0.15, -0.1) is 0 Å². The van der Waals surface area contributed by atoms with E-state index in [0.717, 1.165) is 24.0 Å². The van der Waals surface area contributed by atoms with E-state index in [9.17, 15) is 28.8 Å². The smallest absolute Gasteiger partial charge is 0.408 e. The molecule has 0 radical (unpaired) electrons. The highest BCUT2D eigenvalue weighted by atomic mass is 16.7. The monoisotopic (exact) mass is 727 g/mol. The maximum atomic E-state index is 13.0. The van der Waals surface area contributed by atoms with Gasteiger partial charge in [-0.25, -0.2) is 4.79 Å². The van der Waals surface area contributed by atoms with Gasteiger partial charge in [0.1, 0.15) is 38.1 Å². The summed E-state index contributed by atoms with van der Waals surface area (Å²) < 4.78 is 32.4. The van der Waals surface area contributed by atoms with Crippen LogP contribution in [0.1, 0.15) is 64.0 Å². The maximum absolute atomic E-state index is 13.0. The van der Waals surface area contributed by atoms with Crippen molar-refractivity contribution in [1.82, 2.24) is 16.0 Å². The Bertz CT molecular complexity index is 1440. The van der Waals surface area contributed by atoms with Crippen molar-refractivity contribution >= 4 is 35.8 Å². The molecular formula is C37H49N3O12. The SMILES string of the molecule is CC(=O)OC[C@H]1O[C@@H](OCC(=O)NCCCCCCNC(=O)[C@H](Cc2ccccc2)NC(=O)OCc2ccccc2)C[C@@H](OC(C)=O)[C@@H]1OC(C)=O. The molecule has 2 aromatic rings. The van der Waals surface area contributed by atoms with Crippen LogP contribution in [0.4, 0.5) is 4.79 Å². The van der Waals surface area contributed by atoms with Gasteiger partial charge in [0.25, 0.3) is 0 Å². The van der Waals surface area contributed by atoms with Crippen molar-refractivity contribution < 1.29 is 57.2 Å². The molecule has 0 saturated carbocycles. The first-order chi connectivity index (χ1) is 25.0. The maximum Gasteiger partial charge on any atom is 0.408 e. The number of benzene rings is 2. The Morgan fingerprint density at radius 3 is 1.98 bits per heavy atom. The highest BCUT2D eigenvalue weighted by Crippen LogP contribution is 2.27. The molecule has 1 fully saturated rings. The highest BCUT2D eigenvalue weighted by molar-refractivity contribution is 5.86. The number of nitrogens with one attached hydrogen (secondary N) is 3. The van der Waals surface area contributed by atoms with E-state index in [-0.39, 0.29) is 32.1 Å². The summed E-state index contributed by atoms with van der Waals surface area (Å²) in [7, 11) is 0. The van der Waals surface area contributed by atoms with Crippen molar-refractivity contribution in [2.45, 2.75) is 96.5 Å². The fourth-order valence-corrected chi connectivity index (χ4v) is 5.36. The predicted molar refractivity (Wildman–Crippen MR) is 185 cm³/mol. The lowest BCUT2D eigenvalue weighted by Crippen LogP contribution is -2.54. The molecule has 0 aliphatic carbocycles. The molecule has 5 atom stereocenters. The molecule has 1 aliphatic rings. The molecule has 3 rings (SSSR count). The summed E-state index contributed by atoms with van der Waals surface area (Å²) in [5.41, 5.74) is 1.73. The molecule has 3 amide bonds. The summed E-state index contributed by atoms with van der Waals surface area (Å²) in [5.74, 6) is -2.54. The third-order valence-electron chi connectivity index (χ3n) is 7.78. The molecule has 1 saturated heterocycles. The van der Waals surface area contributed by atoms with Gasteiger partial charge in [-0.1, -0.05) is 73.5 Å². The van der Waals surface area contributed by atoms with Crippen LogP contribution in [0.15, 0.2) is 60.7 Å². The molecule has 0 unspecified atom stereocenters. The number of carbonyl (C=O) groups excluding carboxylic acids is 6. The first kappa shape index (κ1) is 41.4. The van der Waals surface area contributed by atoms with Gasteiger partial charge in [-0.05, 0) is 24.0 Å². The van der Waals surface area contributed by atoms with Gasteiger partial charge in [0.15, 0.2) is 12.4 Å². The zero-order valence-corrected chi connectivity index (χ0v) is 29.8. The summed E-state index contributed by atoms with van der Waals surface area (Å²) in [6.07, 6.45) is -1.39. The lowest BCUT2D eigenvalue weighted by molar-refractivity contribution is -0.264. The predicted octanol–water partition coefficient (Wildman–Crippen LogP) is 2.88. The minimum Gasteiger partial charge on any atom is -0.463 e. The van der Waals surface area contributed by atoms with Gasteiger partial charge in [-0.2, -0.15) is 0 Å². The Morgan fingerprint density at radius 2 is 1.37 bits per heavy atom. The minimum atomic E-state index is -1.04. The number of hydrogen-bond acceptors (Lipinski definition) is 12. The topological polar surface area (TPSA) is 194 Å². The summed E-state index contributed by atoms with van der Waals surface area (Å²) in [6.45, 7) is 3.87. The van der Waals surface area contributed by atoms with E-state index in [2.05, 4.69) is 16.0 Å². The number of unbranched alkanes of at least 4 members (excludes halogenated alkanes) is 3. The Balaban J connectivity index is 1.35. The van der Waals surface area contributed by atoms with E-state index >= 15 is 0 Å². The van der Waals surface area contributed by atoms with E-state index in [1.165, 1.54) is 20.8 Å². The first-order valence-electron chi connectivity index (χ1n) is 17.3. The summed E-state index contributed by atoms with van der Waals surface area (Å²) in [4.78, 5) is 72.7. The average molecular weight is 728 g/mol. The lowest BCUT2D eigenvalue weighted by Gasteiger charge is -2.39. The summed E-state index contributed by atoms with van der Waals surface area (Å²) in [5, 5.41) is 8.36. The van der Waals surface area contributed by atoms with Crippen molar-refractivity contribution in [3.05, 3.63) is 71.8 Å². The quantitative estimate of drug-likeness (QED) is 0.103. The number of hydrogen-bond donors (Lipinski definition) is 3. The standard InChI is InChI=1S/C37H49N3O12/c1-25(41)47-23-32-35(51-27(3)43)31(50-26(2)42)21-34(52-32)48-24-33(44)38-18-12-4-5-13-19-39-36(45)30(20-28-14-8-6-9-15-28)40-37(46)49-22-29-16-10-7-11-17-29/h6-11,14-17,30-32,34-35H,4-5,12-13,18-24H2,1-3H3,(H,38,44)(H,39,45)(H,40,46)/t30-,31+,32+,34+,35-/m0/s1. The van der Waals surface area contributed by atoms with E-state index in [0.29, 0.717) is 32.4 Å². The van der Waals surface area contributed by atoms with Gasteiger partial charge in [0.2, 0.25) is 11.8 Å². The van der Waals surface area contributed by atoms with Gasteiger partial charge in [-0.3, -0.25) is 24.0 Å². The van der Waals surface area contributed by atoms with Crippen LogP contribution in [0, 0.1) is 0 Å². The van der Waals surface area contributed by atoms with Crippen LogP contribution >= 0.6 is 0 Å². The number of esters is 3. The Morgan fingerprint density at radius 1 is 0.750 bits per heavy atom. The van der Waals surface area contributed by atoms with Crippen molar-refractivity contribution in [2.75, 3.05) is 26.3 Å². The normalized spacial score (nSPS) is 18.6. The Hall–Kier alpha value is -5.02. The van der Waals surface area contributed by atoms with E-state index < -0.39 is 60.6 Å². The van der Waals surface area contributed by atoms with E-state index in [1.54, 1.807) is 0 Å². The molecule has 0 spiro atoms. The van der Waals surface area contributed by atoms with Gasteiger partial charge in [0, 0.05) is 46.7 Å². The number of alkyl carbamates (subject to hydrolysis) is 1. The molecule has 0 aromatic heterocycles. The fourth-order valence-electron chi connectivity index (χ4n) is 5.36. The second kappa shape index (κ2) is 22.7. The second-order valence-electron chi connectivity index (χ2n) is 12.2. The number of amides is 3. The zero-order valence-electron chi connectivity index (χ0n) is 29.8. The van der Waals surface area contributed by atoms with Crippen LogP contribution in [0.5, 0.6) is 0 Å². The van der Waals surface area contributed by atoms with Crippen LogP contribution in [-0.4, -0.2) is 92.8 Å². The van der Waals surface area contributed by atoms with Gasteiger partial charge < -0.3 is 44.4 Å². The van der Waals surface area contributed by atoms with Crippen LogP contribution in [0.3, 0.4) is 0 Å². The Labute approximate surface area is 303 Å². The lowest BCUT2D eigenvalue weighted by atomic mass is 10.0. The minimum absolute atomic E-state index is 0.0146. The number of ether oxygens (including phenoxy) is 6. The number of rotatable bonds is 20. The fraction of sp³-hybridized carbons (Fsp3) is 0.514. The highest BCUT2D eigenvalue weighted by Gasteiger charge is 2.44. The Kier molecular flexibility index (Phi) is 18.1. The molecule has 52 heavy (non-hydrogen) atoms. The molecule has 1 heterocycles. The van der Waals surface area contributed by atoms with Gasteiger partial charge in [0.05, 0.1) is 0 Å². The summed E-state index contributed by atoms with van der Waals surface area (Å²) >= 11 is 0. The molecule has 1 aliphatic heterocycles. The molecular weight excluding hydrogens is 678 g/mol. The third kappa shape index (κ3) is 16.3. The second-order valence-corrected chi connectivity index (χ2v) is 12.2. The summed E-state index contributed by atoms with van der Waals surface area (Å²) in [6, 6.07) is 17.8.